The van der Waals surface area contributed by atoms with Gasteiger partial charge in [0.2, 0.25) is 0 Å². The standard InChI is InChI=1S/C18H24N2O5/c1-11(21)15-16(12-6-7-13(24-4)14(10-12)25-5)20(9-8-19(2)3)18(23)17(15)22/h6-7,10,16,22H,8-9H2,1-5H3/t16-/m1/s1. The second-order valence-electron chi connectivity index (χ2n) is 6.14. The lowest BCUT2D eigenvalue weighted by molar-refractivity contribution is -0.129. The Bertz CT molecular complexity index is 711. The van der Waals surface area contributed by atoms with Crippen LogP contribution < -0.4 is 9.47 Å². The zero-order valence-electron chi connectivity index (χ0n) is 15.2. The Balaban J connectivity index is 2.51. The highest BCUT2D eigenvalue weighted by molar-refractivity contribution is 6.08. The van der Waals surface area contributed by atoms with Crippen LogP contribution in [0.5, 0.6) is 11.5 Å². The summed E-state index contributed by atoms with van der Waals surface area (Å²) in [6.45, 7) is 2.34. The van der Waals surface area contributed by atoms with Crippen LogP contribution in [0.25, 0.3) is 0 Å². The van der Waals surface area contributed by atoms with Gasteiger partial charge in [-0.1, -0.05) is 6.07 Å². The molecule has 0 aromatic heterocycles. The maximum absolute atomic E-state index is 12.5. The second-order valence-corrected chi connectivity index (χ2v) is 6.14. The number of methoxy groups -OCH3 is 2. The van der Waals surface area contributed by atoms with E-state index in [0.717, 1.165) is 0 Å². The van der Waals surface area contributed by atoms with Crippen LogP contribution in [0.1, 0.15) is 18.5 Å². The predicted octanol–water partition coefficient (Wildman–Crippen LogP) is 1.55. The summed E-state index contributed by atoms with van der Waals surface area (Å²) in [7, 11) is 6.84. The van der Waals surface area contributed by atoms with Crippen LogP contribution in [-0.2, 0) is 9.59 Å². The molecule has 7 heteroatoms. The van der Waals surface area contributed by atoms with Crippen molar-refractivity contribution in [3.05, 3.63) is 35.1 Å². The molecule has 1 aliphatic rings. The van der Waals surface area contributed by atoms with Crippen LogP contribution in [0.2, 0.25) is 0 Å². The summed E-state index contributed by atoms with van der Waals surface area (Å²) >= 11 is 0. The molecule has 1 aliphatic heterocycles. The Morgan fingerprint density at radius 2 is 1.88 bits per heavy atom. The van der Waals surface area contributed by atoms with Gasteiger partial charge < -0.3 is 24.4 Å². The number of hydrogen-bond acceptors (Lipinski definition) is 6. The predicted molar refractivity (Wildman–Crippen MR) is 92.9 cm³/mol. The van der Waals surface area contributed by atoms with Gasteiger partial charge in [-0.25, -0.2) is 0 Å². The van der Waals surface area contributed by atoms with Crippen molar-refractivity contribution in [3.63, 3.8) is 0 Å². The molecule has 1 amide bonds. The lowest BCUT2D eigenvalue weighted by atomic mass is 9.96. The van der Waals surface area contributed by atoms with Crippen molar-refractivity contribution in [2.45, 2.75) is 13.0 Å². The average molecular weight is 348 g/mol. The van der Waals surface area contributed by atoms with E-state index >= 15 is 0 Å². The van der Waals surface area contributed by atoms with Crippen LogP contribution in [0.4, 0.5) is 0 Å². The fourth-order valence-electron chi connectivity index (χ4n) is 2.92. The van der Waals surface area contributed by atoms with Crippen molar-refractivity contribution < 1.29 is 24.2 Å². The number of nitrogens with zero attached hydrogens (tertiary/aromatic N) is 2. The molecule has 0 saturated carbocycles. The van der Waals surface area contributed by atoms with Gasteiger partial charge in [0.05, 0.1) is 25.8 Å². The van der Waals surface area contributed by atoms with Crippen LogP contribution in [0.3, 0.4) is 0 Å². The first kappa shape index (κ1) is 18.8. The van der Waals surface area contributed by atoms with Gasteiger partial charge in [0.1, 0.15) is 0 Å². The molecule has 7 nitrogen and oxygen atoms in total. The number of likely N-dealkylation sites (N-methyl/N-ethyl adjacent to an activating group) is 1. The van der Waals surface area contributed by atoms with E-state index in [-0.39, 0.29) is 11.4 Å². The van der Waals surface area contributed by atoms with Crippen molar-refractivity contribution in [1.82, 2.24) is 9.80 Å². The maximum atomic E-state index is 12.5. The molecule has 0 fully saturated rings. The molecule has 1 aromatic rings. The fourth-order valence-corrected chi connectivity index (χ4v) is 2.92. The van der Waals surface area contributed by atoms with Crippen molar-refractivity contribution in [2.75, 3.05) is 41.4 Å². The average Bonchev–Trinajstić information content (AvgIpc) is 2.83. The number of ketones is 1. The summed E-state index contributed by atoms with van der Waals surface area (Å²) in [4.78, 5) is 28.0. The highest BCUT2D eigenvalue weighted by Crippen LogP contribution is 2.40. The minimum absolute atomic E-state index is 0.107. The molecule has 136 valence electrons. The minimum Gasteiger partial charge on any atom is -0.503 e. The van der Waals surface area contributed by atoms with Crippen LogP contribution >= 0.6 is 0 Å². The summed E-state index contributed by atoms with van der Waals surface area (Å²) in [5.41, 5.74) is 0.787. The quantitative estimate of drug-likeness (QED) is 0.805. The van der Waals surface area contributed by atoms with E-state index in [9.17, 15) is 14.7 Å². The van der Waals surface area contributed by atoms with E-state index in [1.54, 1.807) is 18.2 Å². The second kappa shape index (κ2) is 7.57. The molecule has 25 heavy (non-hydrogen) atoms. The topological polar surface area (TPSA) is 79.3 Å². The first-order chi connectivity index (χ1) is 11.8. The molecular formula is C18H24N2O5. The van der Waals surface area contributed by atoms with Gasteiger partial charge in [0.25, 0.3) is 5.91 Å². The lowest BCUT2D eigenvalue weighted by Gasteiger charge is -2.28. The molecule has 1 aromatic carbocycles. The Kier molecular flexibility index (Phi) is 5.69. The van der Waals surface area contributed by atoms with E-state index < -0.39 is 17.7 Å². The molecule has 1 heterocycles. The third kappa shape index (κ3) is 3.61. The van der Waals surface area contributed by atoms with E-state index in [0.29, 0.717) is 30.2 Å². The molecule has 0 spiro atoms. The van der Waals surface area contributed by atoms with Gasteiger partial charge in [0, 0.05) is 13.1 Å². The normalized spacial score (nSPS) is 17.4. The van der Waals surface area contributed by atoms with Crippen molar-refractivity contribution >= 4 is 11.7 Å². The van der Waals surface area contributed by atoms with Gasteiger partial charge in [-0.05, 0) is 38.7 Å². The first-order valence-corrected chi connectivity index (χ1v) is 7.93. The number of Topliss-reactive ketones (excluding diaryl/α,β-unsaturated/α-hetero) is 1. The van der Waals surface area contributed by atoms with Crippen molar-refractivity contribution in [2.24, 2.45) is 0 Å². The summed E-state index contributed by atoms with van der Waals surface area (Å²) in [5.74, 6) is -0.307. The van der Waals surface area contributed by atoms with Crippen molar-refractivity contribution in [1.29, 1.82) is 0 Å². The highest BCUT2D eigenvalue weighted by atomic mass is 16.5. The Morgan fingerprint density at radius 3 is 2.40 bits per heavy atom. The summed E-state index contributed by atoms with van der Waals surface area (Å²) in [6.07, 6.45) is 0. The maximum Gasteiger partial charge on any atom is 0.290 e. The Hall–Kier alpha value is -2.54. The van der Waals surface area contributed by atoms with E-state index in [1.807, 2.05) is 19.0 Å². The molecule has 1 N–H and O–H groups in total. The molecular weight excluding hydrogens is 324 g/mol. The minimum atomic E-state index is -0.648. The molecule has 2 rings (SSSR count). The van der Waals surface area contributed by atoms with Gasteiger partial charge >= 0.3 is 0 Å². The van der Waals surface area contributed by atoms with Crippen LogP contribution in [-0.4, -0.2) is 68.0 Å². The number of carbonyl (C=O) groups is 2. The fraction of sp³-hybridized carbons (Fsp3) is 0.444. The number of carbonyl (C=O) groups excluding carboxylic acids is 2. The number of ether oxygens (including phenoxy) is 2. The number of amides is 1. The third-order valence-corrected chi connectivity index (χ3v) is 4.19. The van der Waals surface area contributed by atoms with Gasteiger partial charge in [-0.2, -0.15) is 0 Å². The molecule has 0 radical (unpaired) electrons. The molecule has 0 aliphatic carbocycles. The lowest BCUT2D eigenvalue weighted by Crippen LogP contribution is -2.36. The van der Waals surface area contributed by atoms with E-state index in [4.69, 9.17) is 9.47 Å². The number of rotatable bonds is 7. The number of aliphatic hydroxyl groups excluding tert-OH is 1. The largest absolute Gasteiger partial charge is 0.503 e. The molecule has 0 bridgehead atoms. The SMILES string of the molecule is COc1ccc([C@@H]2C(C(C)=O)=C(O)C(=O)N2CCN(C)C)cc1OC. The first-order valence-electron chi connectivity index (χ1n) is 7.93. The zero-order valence-corrected chi connectivity index (χ0v) is 15.2. The summed E-state index contributed by atoms with van der Waals surface area (Å²) < 4.78 is 10.6. The monoisotopic (exact) mass is 348 g/mol. The molecule has 0 saturated heterocycles. The summed E-state index contributed by atoms with van der Waals surface area (Å²) in [6, 6.07) is 4.56. The summed E-state index contributed by atoms with van der Waals surface area (Å²) in [5, 5.41) is 10.2. The van der Waals surface area contributed by atoms with Gasteiger partial charge in [-0.3, -0.25) is 9.59 Å². The third-order valence-electron chi connectivity index (χ3n) is 4.19. The highest BCUT2D eigenvalue weighted by Gasteiger charge is 2.42. The van der Waals surface area contributed by atoms with E-state index in [2.05, 4.69) is 0 Å². The molecule has 0 unspecified atom stereocenters. The number of hydrogen-bond donors (Lipinski definition) is 1. The zero-order chi connectivity index (χ0) is 18.7. The number of aliphatic hydroxyl groups is 1. The Labute approximate surface area is 147 Å². The van der Waals surface area contributed by atoms with Gasteiger partial charge in [-0.15, -0.1) is 0 Å². The Morgan fingerprint density at radius 1 is 1.24 bits per heavy atom. The number of benzene rings is 1. The van der Waals surface area contributed by atoms with Gasteiger partial charge in [0.15, 0.2) is 23.0 Å². The molecule has 1 atom stereocenters. The smallest absolute Gasteiger partial charge is 0.290 e. The van der Waals surface area contributed by atoms with Crippen molar-refractivity contribution in [3.8, 4) is 11.5 Å². The van der Waals surface area contributed by atoms with Crippen LogP contribution in [0, 0.1) is 0 Å². The van der Waals surface area contributed by atoms with Crippen LogP contribution in [0.15, 0.2) is 29.5 Å². The van der Waals surface area contributed by atoms with E-state index in [1.165, 1.54) is 26.0 Å².